The number of carboxylic acids is 1. The molecule has 0 radical (unpaired) electrons. The SMILES string of the molecule is C#C[C@@H](CC(C=O)NC)C(=O)O. The molecule has 66 valence electrons. The molecule has 4 heteroatoms. The minimum absolute atomic E-state index is 0.131. The number of aldehydes is 1. The van der Waals surface area contributed by atoms with Crippen LogP contribution in [0.1, 0.15) is 6.42 Å². The van der Waals surface area contributed by atoms with Crippen molar-refractivity contribution in [3.05, 3.63) is 0 Å². The van der Waals surface area contributed by atoms with Crippen molar-refractivity contribution in [3.63, 3.8) is 0 Å². The van der Waals surface area contributed by atoms with E-state index >= 15 is 0 Å². The molecule has 0 fully saturated rings. The van der Waals surface area contributed by atoms with Gasteiger partial charge in [0.05, 0.1) is 6.04 Å². The Morgan fingerprint density at radius 2 is 2.42 bits per heavy atom. The van der Waals surface area contributed by atoms with Gasteiger partial charge in [0, 0.05) is 0 Å². The molecule has 0 aliphatic carbocycles. The zero-order valence-corrected chi connectivity index (χ0v) is 6.78. The molecule has 0 aromatic rings. The summed E-state index contributed by atoms with van der Waals surface area (Å²) in [7, 11) is 1.58. The van der Waals surface area contributed by atoms with Crippen LogP contribution in [0, 0.1) is 18.3 Å². The number of hydrogen-bond acceptors (Lipinski definition) is 3. The lowest BCUT2D eigenvalue weighted by molar-refractivity contribution is -0.140. The smallest absolute Gasteiger partial charge is 0.318 e. The van der Waals surface area contributed by atoms with Crippen LogP contribution in [0.4, 0.5) is 0 Å². The Kier molecular flexibility index (Phi) is 4.73. The number of carbonyl (C=O) groups excluding carboxylic acids is 1. The third-order valence-electron chi connectivity index (χ3n) is 1.52. The number of nitrogens with one attached hydrogen (secondary N) is 1. The molecule has 2 atom stereocenters. The van der Waals surface area contributed by atoms with E-state index < -0.39 is 17.9 Å². The van der Waals surface area contributed by atoms with Crippen molar-refractivity contribution < 1.29 is 14.7 Å². The summed E-state index contributed by atoms with van der Waals surface area (Å²) in [5, 5.41) is 11.2. The number of terminal acetylenes is 1. The molecule has 0 rings (SSSR count). The fourth-order valence-electron chi connectivity index (χ4n) is 0.736. The second kappa shape index (κ2) is 5.33. The first-order valence-corrected chi connectivity index (χ1v) is 3.47. The van der Waals surface area contributed by atoms with Crippen molar-refractivity contribution >= 4 is 12.3 Å². The maximum absolute atomic E-state index is 10.4. The molecule has 0 spiro atoms. The highest BCUT2D eigenvalue weighted by Crippen LogP contribution is 2.04. The van der Waals surface area contributed by atoms with Gasteiger partial charge in [0.2, 0.25) is 0 Å². The number of likely N-dealkylation sites (N-methyl/N-ethyl adjacent to an activating group) is 1. The molecule has 4 nitrogen and oxygen atoms in total. The molecule has 0 aromatic heterocycles. The van der Waals surface area contributed by atoms with Crippen LogP contribution in [0.25, 0.3) is 0 Å². The predicted octanol–water partition coefficient (Wildman–Crippen LogP) is -0.503. The summed E-state index contributed by atoms with van der Waals surface area (Å²) in [5.74, 6) is 0.137. The van der Waals surface area contributed by atoms with Gasteiger partial charge in [-0.1, -0.05) is 5.92 Å². The predicted molar refractivity (Wildman–Crippen MR) is 43.5 cm³/mol. The lowest BCUT2D eigenvalue weighted by Gasteiger charge is -2.10. The lowest BCUT2D eigenvalue weighted by Crippen LogP contribution is -2.31. The second-order valence-electron chi connectivity index (χ2n) is 2.32. The molecule has 0 saturated heterocycles. The van der Waals surface area contributed by atoms with Crippen LogP contribution in [0.15, 0.2) is 0 Å². The van der Waals surface area contributed by atoms with Crippen LogP contribution < -0.4 is 5.32 Å². The minimum Gasteiger partial charge on any atom is -0.480 e. The van der Waals surface area contributed by atoms with Gasteiger partial charge in [-0.15, -0.1) is 6.42 Å². The Hall–Kier alpha value is -1.34. The van der Waals surface area contributed by atoms with Crippen LogP contribution in [0.3, 0.4) is 0 Å². The zero-order chi connectivity index (χ0) is 9.56. The fourth-order valence-corrected chi connectivity index (χ4v) is 0.736. The van der Waals surface area contributed by atoms with Crippen molar-refractivity contribution in [3.8, 4) is 12.3 Å². The first-order chi connectivity index (χ1) is 5.65. The van der Waals surface area contributed by atoms with Crippen molar-refractivity contribution in [1.82, 2.24) is 5.32 Å². The molecule has 1 unspecified atom stereocenters. The summed E-state index contributed by atoms with van der Waals surface area (Å²) in [6, 6.07) is -0.484. The van der Waals surface area contributed by atoms with Gasteiger partial charge in [0.15, 0.2) is 0 Å². The quantitative estimate of drug-likeness (QED) is 0.430. The van der Waals surface area contributed by atoms with Crippen LogP contribution in [0.5, 0.6) is 0 Å². The maximum Gasteiger partial charge on any atom is 0.318 e. The Labute approximate surface area is 71.0 Å². The van der Waals surface area contributed by atoms with Crippen LogP contribution in [-0.2, 0) is 9.59 Å². The van der Waals surface area contributed by atoms with E-state index in [1.165, 1.54) is 0 Å². The highest BCUT2D eigenvalue weighted by Gasteiger charge is 2.18. The van der Waals surface area contributed by atoms with Gasteiger partial charge in [-0.05, 0) is 13.5 Å². The molecular weight excluding hydrogens is 158 g/mol. The second-order valence-corrected chi connectivity index (χ2v) is 2.32. The Bertz CT molecular complexity index is 207. The van der Waals surface area contributed by atoms with Crippen LogP contribution >= 0.6 is 0 Å². The third-order valence-corrected chi connectivity index (χ3v) is 1.52. The number of aliphatic carboxylic acids is 1. The molecule has 12 heavy (non-hydrogen) atoms. The highest BCUT2D eigenvalue weighted by atomic mass is 16.4. The summed E-state index contributed by atoms with van der Waals surface area (Å²) in [5.41, 5.74) is 0. The molecule has 2 N–H and O–H groups in total. The van der Waals surface area contributed by atoms with E-state index in [0.29, 0.717) is 6.29 Å². The van der Waals surface area contributed by atoms with E-state index in [-0.39, 0.29) is 6.42 Å². The lowest BCUT2D eigenvalue weighted by atomic mass is 10.0. The standard InChI is InChI=1S/C8H11NO3/c1-3-6(8(11)12)4-7(5-10)9-2/h1,5-7,9H,4H2,2H3,(H,11,12)/t6-,7?/m0/s1. The molecular formula is C8H11NO3. The number of rotatable bonds is 5. The molecule has 0 aliphatic rings. The molecule has 0 amide bonds. The van der Waals surface area contributed by atoms with Gasteiger partial charge in [0.1, 0.15) is 12.2 Å². The molecule has 0 bridgehead atoms. The number of hydrogen-bond donors (Lipinski definition) is 2. The summed E-state index contributed by atoms with van der Waals surface area (Å²) in [4.78, 5) is 20.7. The van der Waals surface area contributed by atoms with Crippen LogP contribution in [0.2, 0.25) is 0 Å². The first-order valence-electron chi connectivity index (χ1n) is 3.47. The monoisotopic (exact) mass is 169 g/mol. The van der Waals surface area contributed by atoms with Gasteiger partial charge in [-0.25, -0.2) is 0 Å². The van der Waals surface area contributed by atoms with Gasteiger partial charge >= 0.3 is 5.97 Å². The molecule has 0 aliphatic heterocycles. The van der Waals surface area contributed by atoms with E-state index in [1.54, 1.807) is 7.05 Å². The van der Waals surface area contributed by atoms with E-state index in [2.05, 4.69) is 11.2 Å². The minimum atomic E-state index is -1.07. The van der Waals surface area contributed by atoms with Crippen molar-refractivity contribution in [2.45, 2.75) is 12.5 Å². The summed E-state index contributed by atoms with van der Waals surface area (Å²) in [6.07, 6.45) is 5.73. The Morgan fingerprint density at radius 1 is 1.83 bits per heavy atom. The molecule has 0 aromatic carbocycles. The summed E-state index contributed by atoms with van der Waals surface area (Å²) in [6.45, 7) is 0. The van der Waals surface area contributed by atoms with Gasteiger partial charge in [-0.2, -0.15) is 0 Å². The van der Waals surface area contributed by atoms with Gasteiger partial charge in [0.25, 0.3) is 0 Å². The zero-order valence-electron chi connectivity index (χ0n) is 6.78. The van der Waals surface area contributed by atoms with E-state index in [4.69, 9.17) is 11.5 Å². The summed E-state index contributed by atoms with van der Waals surface area (Å²) >= 11 is 0. The highest BCUT2D eigenvalue weighted by molar-refractivity contribution is 5.74. The average Bonchev–Trinajstić information content (AvgIpc) is 2.06. The number of carbonyl (C=O) groups is 2. The first kappa shape index (κ1) is 10.7. The van der Waals surface area contributed by atoms with E-state index in [9.17, 15) is 9.59 Å². The van der Waals surface area contributed by atoms with Gasteiger partial charge < -0.3 is 15.2 Å². The van der Waals surface area contributed by atoms with E-state index in [1.807, 2.05) is 0 Å². The largest absolute Gasteiger partial charge is 0.480 e. The van der Waals surface area contributed by atoms with Crippen molar-refractivity contribution in [2.75, 3.05) is 7.05 Å². The van der Waals surface area contributed by atoms with E-state index in [0.717, 1.165) is 0 Å². The Balaban J connectivity index is 4.11. The topological polar surface area (TPSA) is 66.4 Å². The molecule has 0 heterocycles. The summed E-state index contributed by atoms with van der Waals surface area (Å²) < 4.78 is 0. The van der Waals surface area contributed by atoms with Crippen LogP contribution in [-0.4, -0.2) is 30.5 Å². The normalized spacial score (nSPS) is 14.3. The van der Waals surface area contributed by atoms with Gasteiger partial charge in [-0.3, -0.25) is 4.79 Å². The Morgan fingerprint density at radius 3 is 2.67 bits per heavy atom. The van der Waals surface area contributed by atoms with Crippen molar-refractivity contribution in [2.24, 2.45) is 5.92 Å². The molecule has 0 saturated carbocycles. The average molecular weight is 169 g/mol. The fraction of sp³-hybridized carbons (Fsp3) is 0.500. The maximum atomic E-state index is 10.4. The van der Waals surface area contributed by atoms with Crippen molar-refractivity contribution in [1.29, 1.82) is 0 Å². The number of carboxylic acid groups (broad SMARTS) is 1. The third kappa shape index (κ3) is 3.17.